The summed E-state index contributed by atoms with van der Waals surface area (Å²) in [4.78, 5) is 0. The Bertz CT molecular complexity index is 410. The van der Waals surface area contributed by atoms with Crippen molar-refractivity contribution in [3.8, 4) is 0 Å². The molecule has 2 atom stereocenters. The van der Waals surface area contributed by atoms with Gasteiger partial charge in [0.05, 0.1) is 16.1 Å². The average Bonchev–Trinajstić information content (AvgIpc) is 2.66. The van der Waals surface area contributed by atoms with Crippen molar-refractivity contribution < 1.29 is 5.11 Å². The summed E-state index contributed by atoms with van der Waals surface area (Å²) >= 11 is 11.9. The van der Waals surface area contributed by atoms with Crippen LogP contribution >= 0.6 is 23.2 Å². The SMILES string of the molecule is NCC1(Cc2ccc(Cl)c(Cl)c2)CCCC1O. The third-order valence-electron chi connectivity index (χ3n) is 3.81. The van der Waals surface area contributed by atoms with Crippen molar-refractivity contribution in [1.29, 1.82) is 0 Å². The molecule has 0 saturated heterocycles. The summed E-state index contributed by atoms with van der Waals surface area (Å²) in [6, 6.07) is 5.62. The third-order valence-corrected chi connectivity index (χ3v) is 4.54. The van der Waals surface area contributed by atoms with Gasteiger partial charge < -0.3 is 10.8 Å². The fourth-order valence-electron chi connectivity index (χ4n) is 2.69. The molecular weight excluding hydrogens is 257 g/mol. The summed E-state index contributed by atoms with van der Waals surface area (Å²) < 4.78 is 0. The third kappa shape index (κ3) is 2.60. The molecule has 1 aliphatic carbocycles. The molecular formula is C13H17Cl2NO. The minimum absolute atomic E-state index is 0.183. The van der Waals surface area contributed by atoms with Crippen LogP contribution in [0.1, 0.15) is 24.8 Å². The summed E-state index contributed by atoms with van der Waals surface area (Å²) in [5.74, 6) is 0. The lowest BCUT2D eigenvalue weighted by atomic mass is 9.78. The van der Waals surface area contributed by atoms with Crippen molar-refractivity contribution in [3.05, 3.63) is 33.8 Å². The van der Waals surface area contributed by atoms with E-state index in [0.717, 1.165) is 31.2 Å². The molecule has 0 aliphatic heterocycles. The molecule has 17 heavy (non-hydrogen) atoms. The second-order valence-electron chi connectivity index (χ2n) is 4.90. The van der Waals surface area contributed by atoms with Crippen molar-refractivity contribution in [2.75, 3.05) is 6.54 Å². The van der Waals surface area contributed by atoms with E-state index in [0.29, 0.717) is 16.6 Å². The van der Waals surface area contributed by atoms with Crippen molar-refractivity contribution >= 4 is 23.2 Å². The van der Waals surface area contributed by atoms with Crippen molar-refractivity contribution in [2.24, 2.45) is 11.1 Å². The van der Waals surface area contributed by atoms with Crippen LogP contribution in [0.4, 0.5) is 0 Å². The van der Waals surface area contributed by atoms with E-state index in [1.807, 2.05) is 12.1 Å². The minimum Gasteiger partial charge on any atom is -0.392 e. The summed E-state index contributed by atoms with van der Waals surface area (Å²) in [7, 11) is 0. The number of rotatable bonds is 3. The van der Waals surface area contributed by atoms with Crippen LogP contribution in [-0.2, 0) is 6.42 Å². The highest BCUT2D eigenvalue weighted by molar-refractivity contribution is 6.42. The molecule has 0 radical (unpaired) electrons. The number of nitrogens with two attached hydrogens (primary N) is 1. The van der Waals surface area contributed by atoms with Gasteiger partial charge in [-0.15, -0.1) is 0 Å². The molecule has 0 bridgehead atoms. The zero-order chi connectivity index (χ0) is 12.5. The van der Waals surface area contributed by atoms with Gasteiger partial charge in [-0.25, -0.2) is 0 Å². The molecule has 2 rings (SSSR count). The van der Waals surface area contributed by atoms with Gasteiger partial charge in [0.1, 0.15) is 0 Å². The summed E-state index contributed by atoms with van der Waals surface area (Å²) in [6.45, 7) is 0.508. The maximum atomic E-state index is 10.1. The fraction of sp³-hybridized carbons (Fsp3) is 0.538. The molecule has 2 unspecified atom stereocenters. The highest BCUT2D eigenvalue weighted by atomic mass is 35.5. The molecule has 1 fully saturated rings. The summed E-state index contributed by atoms with van der Waals surface area (Å²) in [5.41, 5.74) is 6.76. The van der Waals surface area contributed by atoms with E-state index in [1.54, 1.807) is 6.07 Å². The fourth-order valence-corrected chi connectivity index (χ4v) is 3.01. The first kappa shape index (κ1) is 13.2. The maximum Gasteiger partial charge on any atom is 0.0611 e. The lowest BCUT2D eigenvalue weighted by molar-refractivity contribution is 0.0588. The van der Waals surface area contributed by atoms with E-state index in [4.69, 9.17) is 28.9 Å². The Morgan fingerprint density at radius 3 is 2.65 bits per heavy atom. The van der Waals surface area contributed by atoms with Crippen LogP contribution in [-0.4, -0.2) is 17.8 Å². The Labute approximate surface area is 112 Å². The van der Waals surface area contributed by atoms with Gasteiger partial charge in [0.15, 0.2) is 0 Å². The molecule has 0 spiro atoms. The zero-order valence-corrected chi connectivity index (χ0v) is 11.1. The van der Waals surface area contributed by atoms with E-state index in [9.17, 15) is 5.11 Å². The van der Waals surface area contributed by atoms with Crippen LogP contribution in [0.5, 0.6) is 0 Å². The van der Waals surface area contributed by atoms with Gasteiger partial charge in [0, 0.05) is 12.0 Å². The van der Waals surface area contributed by atoms with Crippen LogP contribution < -0.4 is 5.73 Å². The van der Waals surface area contributed by atoms with Crippen LogP contribution in [0.2, 0.25) is 10.0 Å². The number of aliphatic hydroxyl groups excluding tert-OH is 1. The predicted octanol–water partition coefficient (Wildman–Crippen LogP) is 3.03. The molecule has 1 saturated carbocycles. The lowest BCUT2D eigenvalue weighted by Gasteiger charge is -2.31. The first-order valence-corrected chi connectivity index (χ1v) is 6.65. The number of benzene rings is 1. The highest BCUT2D eigenvalue weighted by Gasteiger charge is 2.40. The highest BCUT2D eigenvalue weighted by Crippen LogP contribution is 2.41. The van der Waals surface area contributed by atoms with Crippen LogP contribution in [0.25, 0.3) is 0 Å². The zero-order valence-electron chi connectivity index (χ0n) is 9.63. The first-order chi connectivity index (χ1) is 8.07. The molecule has 2 nitrogen and oxygen atoms in total. The second kappa shape index (κ2) is 5.15. The van der Waals surface area contributed by atoms with Gasteiger partial charge in [-0.05, 0) is 37.0 Å². The monoisotopic (exact) mass is 273 g/mol. The van der Waals surface area contributed by atoms with Gasteiger partial charge in [-0.2, -0.15) is 0 Å². The van der Waals surface area contributed by atoms with Crippen LogP contribution in [0.3, 0.4) is 0 Å². The van der Waals surface area contributed by atoms with Gasteiger partial charge >= 0.3 is 0 Å². The van der Waals surface area contributed by atoms with Gasteiger partial charge in [0.2, 0.25) is 0 Å². The number of hydrogen-bond acceptors (Lipinski definition) is 2. The molecule has 94 valence electrons. The molecule has 1 aromatic rings. The quantitative estimate of drug-likeness (QED) is 0.890. The predicted molar refractivity (Wildman–Crippen MR) is 71.5 cm³/mol. The van der Waals surface area contributed by atoms with Crippen LogP contribution in [0.15, 0.2) is 18.2 Å². The Morgan fingerprint density at radius 1 is 1.35 bits per heavy atom. The van der Waals surface area contributed by atoms with E-state index in [-0.39, 0.29) is 11.5 Å². The van der Waals surface area contributed by atoms with Crippen molar-refractivity contribution in [2.45, 2.75) is 31.8 Å². The van der Waals surface area contributed by atoms with E-state index in [1.165, 1.54) is 0 Å². The molecule has 0 aromatic heterocycles. The van der Waals surface area contributed by atoms with Crippen molar-refractivity contribution in [3.63, 3.8) is 0 Å². The molecule has 0 amide bonds. The Kier molecular flexibility index (Phi) is 3.99. The van der Waals surface area contributed by atoms with Crippen molar-refractivity contribution in [1.82, 2.24) is 0 Å². The van der Waals surface area contributed by atoms with Gasteiger partial charge in [-0.3, -0.25) is 0 Å². The summed E-state index contributed by atoms with van der Waals surface area (Å²) in [6.07, 6.45) is 3.33. The smallest absolute Gasteiger partial charge is 0.0611 e. The molecule has 1 aromatic carbocycles. The van der Waals surface area contributed by atoms with Crippen LogP contribution in [0, 0.1) is 5.41 Å². The Balaban J connectivity index is 2.21. The molecule has 4 heteroatoms. The standard InChI is InChI=1S/C13H17Cl2NO/c14-10-4-3-9(6-11(10)15)7-13(8-16)5-1-2-12(13)17/h3-4,6,12,17H,1-2,5,7-8,16H2. The second-order valence-corrected chi connectivity index (χ2v) is 5.71. The topological polar surface area (TPSA) is 46.2 Å². The number of halogens is 2. The first-order valence-electron chi connectivity index (χ1n) is 5.89. The Hall–Kier alpha value is -0.280. The van der Waals surface area contributed by atoms with Gasteiger partial charge in [-0.1, -0.05) is 35.7 Å². The molecule has 3 N–H and O–H groups in total. The number of hydrogen-bond donors (Lipinski definition) is 2. The molecule has 1 aliphatic rings. The summed E-state index contributed by atoms with van der Waals surface area (Å²) in [5, 5.41) is 11.2. The minimum atomic E-state index is -0.304. The lowest BCUT2D eigenvalue weighted by Crippen LogP contribution is -2.39. The molecule has 0 heterocycles. The van der Waals surface area contributed by atoms with E-state index in [2.05, 4.69) is 0 Å². The van der Waals surface area contributed by atoms with E-state index < -0.39 is 0 Å². The largest absolute Gasteiger partial charge is 0.392 e. The maximum absolute atomic E-state index is 10.1. The average molecular weight is 274 g/mol. The normalized spacial score (nSPS) is 28.6. The number of aliphatic hydroxyl groups is 1. The van der Waals surface area contributed by atoms with Gasteiger partial charge in [0.25, 0.3) is 0 Å². The Morgan fingerprint density at radius 2 is 2.12 bits per heavy atom. The van der Waals surface area contributed by atoms with E-state index >= 15 is 0 Å².